The van der Waals surface area contributed by atoms with E-state index in [9.17, 15) is 9.59 Å². The van der Waals surface area contributed by atoms with Crippen molar-refractivity contribution in [3.05, 3.63) is 12.2 Å². The summed E-state index contributed by atoms with van der Waals surface area (Å²) in [5, 5.41) is 0. The lowest BCUT2D eigenvalue weighted by atomic mass is 10.4. The fraction of sp³-hybridized carbons (Fsp3) is 0.500. The van der Waals surface area contributed by atoms with Crippen LogP contribution >= 0.6 is 0 Å². The molecule has 1 heterocycles. The van der Waals surface area contributed by atoms with E-state index in [0.717, 1.165) is 0 Å². The van der Waals surface area contributed by atoms with E-state index in [2.05, 4.69) is 0 Å². The smallest absolute Gasteiger partial charge is 0.229 e. The molecule has 0 aromatic heterocycles. The van der Waals surface area contributed by atoms with Crippen LogP contribution < -0.4 is 0 Å². The number of hydrogen-bond donors (Lipinski definition) is 0. The lowest BCUT2D eigenvalue weighted by molar-refractivity contribution is -0.137. The Morgan fingerprint density at radius 3 is 2.36 bits per heavy atom. The molecule has 0 aromatic carbocycles. The quantitative estimate of drug-likeness (QED) is 0.433. The van der Waals surface area contributed by atoms with E-state index in [1.54, 1.807) is 6.08 Å². The van der Waals surface area contributed by atoms with E-state index in [-0.39, 0.29) is 11.8 Å². The first-order valence-corrected chi connectivity index (χ1v) is 3.70. The second-order valence-corrected chi connectivity index (χ2v) is 2.47. The number of likely N-dealkylation sites (tertiary alicyclic amines) is 1. The molecule has 0 spiro atoms. The number of imide groups is 1. The fourth-order valence-electron chi connectivity index (χ4n) is 1.04. The van der Waals surface area contributed by atoms with Gasteiger partial charge >= 0.3 is 0 Å². The Hall–Kier alpha value is -1.12. The first-order chi connectivity index (χ1) is 5.25. The molecule has 60 valence electrons. The Labute approximate surface area is 65.7 Å². The van der Waals surface area contributed by atoms with E-state index in [4.69, 9.17) is 0 Å². The van der Waals surface area contributed by atoms with Crippen molar-refractivity contribution in [2.45, 2.75) is 19.8 Å². The van der Waals surface area contributed by atoms with Crippen molar-refractivity contribution >= 4 is 11.8 Å². The van der Waals surface area contributed by atoms with Gasteiger partial charge in [0.25, 0.3) is 0 Å². The van der Waals surface area contributed by atoms with Crippen molar-refractivity contribution in [1.29, 1.82) is 0 Å². The number of carbonyl (C=O) groups is 2. The maximum Gasteiger partial charge on any atom is 0.229 e. The largest absolute Gasteiger partial charge is 0.279 e. The molecule has 0 aromatic rings. The predicted octanol–water partition coefficient (Wildman–Crippen LogP) is 0.712. The van der Waals surface area contributed by atoms with Crippen LogP contribution in [0.5, 0.6) is 0 Å². The van der Waals surface area contributed by atoms with Crippen molar-refractivity contribution in [3.8, 4) is 0 Å². The second-order valence-electron chi connectivity index (χ2n) is 2.47. The SMILES string of the molecule is CC=CCN1C(=O)CCC1=O. The highest BCUT2D eigenvalue weighted by Crippen LogP contribution is 2.10. The molecule has 0 saturated carbocycles. The van der Waals surface area contributed by atoms with Crippen LogP contribution in [-0.4, -0.2) is 23.3 Å². The van der Waals surface area contributed by atoms with E-state index in [1.165, 1.54) is 4.90 Å². The second kappa shape index (κ2) is 3.32. The Bertz CT molecular complexity index is 192. The summed E-state index contributed by atoms with van der Waals surface area (Å²) in [6.07, 6.45) is 4.41. The molecule has 1 fully saturated rings. The highest BCUT2D eigenvalue weighted by molar-refractivity contribution is 6.02. The van der Waals surface area contributed by atoms with Gasteiger partial charge in [-0.3, -0.25) is 14.5 Å². The van der Waals surface area contributed by atoms with Gasteiger partial charge < -0.3 is 0 Å². The average molecular weight is 153 g/mol. The minimum absolute atomic E-state index is 0.0481. The topological polar surface area (TPSA) is 37.4 Å². The lowest BCUT2D eigenvalue weighted by Crippen LogP contribution is -2.28. The van der Waals surface area contributed by atoms with Crippen LogP contribution in [0.1, 0.15) is 19.8 Å². The van der Waals surface area contributed by atoms with Crippen molar-refractivity contribution in [1.82, 2.24) is 4.90 Å². The zero-order valence-electron chi connectivity index (χ0n) is 6.54. The fourth-order valence-corrected chi connectivity index (χ4v) is 1.04. The van der Waals surface area contributed by atoms with Crippen LogP contribution in [0.4, 0.5) is 0 Å². The third-order valence-electron chi connectivity index (χ3n) is 1.68. The molecular formula is C8H11NO2. The Kier molecular flexibility index (Phi) is 2.41. The van der Waals surface area contributed by atoms with Crippen LogP contribution in [0.2, 0.25) is 0 Å². The molecule has 0 unspecified atom stereocenters. The summed E-state index contributed by atoms with van der Waals surface area (Å²) < 4.78 is 0. The molecule has 0 aliphatic carbocycles. The van der Waals surface area contributed by atoms with Crippen LogP contribution in [0.25, 0.3) is 0 Å². The van der Waals surface area contributed by atoms with E-state index < -0.39 is 0 Å². The molecule has 3 heteroatoms. The number of amides is 2. The number of carbonyl (C=O) groups excluding carboxylic acids is 2. The van der Waals surface area contributed by atoms with Gasteiger partial charge in [-0.2, -0.15) is 0 Å². The molecule has 0 radical (unpaired) electrons. The summed E-state index contributed by atoms with van der Waals surface area (Å²) in [6.45, 7) is 2.30. The molecular weight excluding hydrogens is 142 g/mol. The normalized spacial score (nSPS) is 18.8. The molecule has 1 saturated heterocycles. The molecule has 0 N–H and O–H groups in total. The van der Waals surface area contributed by atoms with Crippen LogP contribution in [-0.2, 0) is 9.59 Å². The molecule has 1 rings (SSSR count). The van der Waals surface area contributed by atoms with Gasteiger partial charge in [0.15, 0.2) is 0 Å². The molecule has 1 aliphatic rings. The van der Waals surface area contributed by atoms with E-state index in [1.807, 2.05) is 13.0 Å². The van der Waals surface area contributed by atoms with Crippen molar-refractivity contribution in [2.75, 3.05) is 6.54 Å². The zero-order chi connectivity index (χ0) is 8.27. The molecule has 3 nitrogen and oxygen atoms in total. The summed E-state index contributed by atoms with van der Waals surface area (Å²) in [5.41, 5.74) is 0. The standard InChI is InChI=1S/C8H11NO2/c1-2-3-6-9-7(10)4-5-8(9)11/h2-3H,4-6H2,1H3. The number of allylic oxidation sites excluding steroid dienone is 1. The van der Waals surface area contributed by atoms with E-state index in [0.29, 0.717) is 19.4 Å². The monoisotopic (exact) mass is 153 g/mol. The van der Waals surface area contributed by atoms with Gasteiger partial charge in [-0.05, 0) is 6.92 Å². The van der Waals surface area contributed by atoms with Crippen LogP contribution in [0.15, 0.2) is 12.2 Å². The Morgan fingerprint density at radius 1 is 1.36 bits per heavy atom. The summed E-state index contributed by atoms with van der Waals surface area (Å²) in [5.74, 6) is -0.0961. The lowest BCUT2D eigenvalue weighted by Gasteiger charge is -2.09. The van der Waals surface area contributed by atoms with Crippen LogP contribution in [0.3, 0.4) is 0 Å². The van der Waals surface area contributed by atoms with Gasteiger partial charge in [0.2, 0.25) is 11.8 Å². The predicted molar refractivity (Wildman–Crippen MR) is 40.8 cm³/mol. The van der Waals surface area contributed by atoms with Crippen molar-refractivity contribution in [3.63, 3.8) is 0 Å². The number of hydrogen-bond acceptors (Lipinski definition) is 2. The summed E-state index contributed by atoms with van der Waals surface area (Å²) in [4.78, 5) is 23.2. The Balaban J connectivity index is 2.54. The van der Waals surface area contributed by atoms with Gasteiger partial charge in [-0.15, -0.1) is 0 Å². The number of nitrogens with zero attached hydrogens (tertiary/aromatic N) is 1. The third-order valence-corrected chi connectivity index (χ3v) is 1.68. The first-order valence-electron chi connectivity index (χ1n) is 3.70. The highest BCUT2D eigenvalue weighted by Gasteiger charge is 2.27. The molecule has 0 atom stereocenters. The van der Waals surface area contributed by atoms with Gasteiger partial charge in [-0.1, -0.05) is 12.2 Å². The number of rotatable bonds is 2. The third kappa shape index (κ3) is 1.67. The van der Waals surface area contributed by atoms with Crippen molar-refractivity contribution < 1.29 is 9.59 Å². The maximum absolute atomic E-state index is 11.0. The van der Waals surface area contributed by atoms with Gasteiger partial charge in [0.05, 0.1) is 0 Å². The Morgan fingerprint density at radius 2 is 1.91 bits per heavy atom. The molecule has 2 amide bonds. The average Bonchev–Trinajstić information content (AvgIpc) is 2.29. The van der Waals surface area contributed by atoms with Gasteiger partial charge in [0.1, 0.15) is 0 Å². The van der Waals surface area contributed by atoms with Crippen LogP contribution in [0, 0.1) is 0 Å². The van der Waals surface area contributed by atoms with Crippen molar-refractivity contribution in [2.24, 2.45) is 0 Å². The minimum atomic E-state index is -0.0481. The molecule has 1 aliphatic heterocycles. The van der Waals surface area contributed by atoms with E-state index >= 15 is 0 Å². The minimum Gasteiger partial charge on any atom is -0.279 e. The maximum atomic E-state index is 11.0. The summed E-state index contributed by atoms with van der Waals surface area (Å²) >= 11 is 0. The first kappa shape index (κ1) is 7.98. The molecule has 11 heavy (non-hydrogen) atoms. The summed E-state index contributed by atoms with van der Waals surface area (Å²) in [7, 11) is 0. The summed E-state index contributed by atoms with van der Waals surface area (Å²) in [6, 6.07) is 0. The van der Waals surface area contributed by atoms with Gasteiger partial charge in [-0.25, -0.2) is 0 Å². The molecule has 0 bridgehead atoms. The zero-order valence-corrected chi connectivity index (χ0v) is 6.54. The van der Waals surface area contributed by atoms with Gasteiger partial charge in [0, 0.05) is 19.4 Å². The highest BCUT2D eigenvalue weighted by atomic mass is 16.2.